The van der Waals surface area contributed by atoms with E-state index in [1.54, 1.807) is 0 Å². The standard InChI is InChI=1S/C10H14Br2N2O2S/c1-17(15,16)5-4-10(14-13)8-6-7(11)2-3-9(8)12/h2-3,6,10,14H,4-5,13H2,1H3. The second kappa shape index (κ2) is 6.29. The predicted molar refractivity (Wildman–Crippen MR) is 76.2 cm³/mol. The Balaban J connectivity index is 2.90. The van der Waals surface area contributed by atoms with Crippen LogP contribution < -0.4 is 11.3 Å². The number of sulfone groups is 1. The van der Waals surface area contributed by atoms with E-state index in [0.29, 0.717) is 6.42 Å². The van der Waals surface area contributed by atoms with Crippen molar-refractivity contribution in [2.75, 3.05) is 12.0 Å². The minimum Gasteiger partial charge on any atom is -0.271 e. The second-order valence-corrected chi connectivity index (χ2v) is 7.83. The quantitative estimate of drug-likeness (QED) is 0.601. The van der Waals surface area contributed by atoms with Crippen molar-refractivity contribution in [2.24, 2.45) is 5.84 Å². The molecule has 0 amide bonds. The average Bonchev–Trinajstić information content (AvgIpc) is 2.22. The molecule has 3 N–H and O–H groups in total. The van der Waals surface area contributed by atoms with E-state index < -0.39 is 9.84 Å². The van der Waals surface area contributed by atoms with Crippen molar-refractivity contribution in [3.05, 3.63) is 32.7 Å². The van der Waals surface area contributed by atoms with Gasteiger partial charge < -0.3 is 0 Å². The Morgan fingerprint density at radius 2 is 2.06 bits per heavy atom. The molecule has 0 aliphatic heterocycles. The maximum absolute atomic E-state index is 11.1. The van der Waals surface area contributed by atoms with Crippen LogP contribution in [-0.4, -0.2) is 20.4 Å². The first-order chi connectivity index (χ1) is 7.83. The summed E-state index contributed by atoms with van der Waals surface area (Å²) < 4.78 is 24.1. The summed E-state index contributed by atoms with van der Waals surface area (Å²) in [7, 11) is -2.98. The van der Waals surface area contributed by atoms with Crippen LogP contribution in [0.2, 0.25) is 0 Å². The molecule has 0 saturated heterocycles. The molecule has 0 aliphatic carbocycles. The van der Waals surface area contributed by atoms with E-state index in [2.05, 4.69) is 37.3 Å². The molecule has 96 valence electrons. The maximum Gasteiger partial charge on any atom is 0.147 e. The Morgan fingerprint density at radius 1 is 1.41 bits per heavy atom. The van der Waals surface area contributed by atoms with Crippen LogP contribution in [0.25, 0.3) is 0 Å². The summed E-state index contributed by atoms with van der Waals surface area (Å²) in [4.78, 5) is 0. The third-order valence-corrected chi connectivity index (χ3v) is 4.50. The lowest BCUT2D eigenvalue weighted by atomic mass is 10.1. The number of nitrogens with one attached hydrogen (secondary N) is 1. The molecule has 0 heterocycles. The van der Waals surface area contributed by atoms with Gasteiger partial charge in [0.2, 0.25) is 0 Å². The van der Waals surface area contributed by atoms with Crippen LogP contribution in [0.1, 0.15) is 18.0 Å². The molecule has 1 atom stereocenters. The highest BCUT2D eigenvalue weighted by Crippen LogP contribution is 2.28. The van der Waals surface area contributed by atoms with Crippen LogP contribution in [0, 0.1) is 0 Å². The molecule has 0 bridgehead atoms. The molecular formula is C10H14Br2N2O2S. The van der Waals surface area contributed by atoms with Crippen molar-refractivity contribution in [3.63, 3.8) is 0 Å². The lowest BCUT2D eigenvalue weighted by Crippen LogP contribution is -2.29. The van der Waals surface area contributed by atoms with Crippen molar-refractivity contribution >= 4 is 41.7 Å². The van der Waals surface area contributed by atoms with Crippen LogP contribution >= 0.6 is 31.9 Å². The van der Waals surface area contributed by atoms with E-state index in [1.165, 1.54) is 6.26 Å². The topological polar surface area (TPSA) is 72.2 Å². The monoisotopic (exact) mass is 384 g/mol. The van der Waals surface area contributed by atoms with E-state index in [-0.39, 0.29) is 11.8 Å². The first-order valence-corrected chi connectivity index (χ1v) is 8.57. The summed E-state index contributed by atoms with van der Waals surface area (Å²) in [5, 5.41) is 0. The molecule has 1 aromatic rings. The molecule has 7 heteroatoms. The van der Waals surface area contributed by atoms with Crippen molar-refractivity contribution in [3.8, 4) is 0 Å². The number of hydrogen-bond acceptors (Lipinski definition) is 4. The highest BCUT2D eigenvalue weighted by Gasteiger charge is 2.15. The molecule has 0 saturated carbocycles. The fraction of sp³-hybridized carbons (Fsp3) is 0.400. The molecule has 4 nitrogen and oxygen atoms in total. The summed E-state index contributed by atoms with van der Waals surface area (Å²) in [6, 6.07) is 5.51. The van der Waals surface area contributed by atoms with Gasteiger partial charge in [-0.25, -0.2) is 8.42 Å². The zero-order chi connectivity index (χ0) is 13.1. The van der Waals surface area contributed by atoms with Gasteiger partial charge in [-0.1, -0.05) is 31.9 Å². The van der Waals surface area contributed by atoms with Crippen molar-refractivity contribution < 1.29 is 8.42 Å². The number of halogens is 2. The van der Waals surface area contributed by atoms with Crippen molar-refractivity contribution in [1.29, 1.82) is 0 Å². The Kier molecular flexibility index (Phi) is 5.59. The highest BCUT2D eigenvalue weighted by molar-refractivity contribution is 9.11. The first kappa shape index (κ1) is 15.1. The van der Waals surface area contributed by atoms with Gasteiger partial charge in [-0.2, -0.15) is 0 Å². The molecule has 1 unspecified atom stereocenters. The average molecular weight is 386 g/mol. The predicted octanol–water partition coefficient (Wildman–Crippen LogP) is 2.15. The lowest BCUT2D eigenvalue weighted by molar-refractivity contribution is 0.529. The Hall–Kier alpha value is 0.0500. The van der Waals surface area contributed by atoms with E-state index >= 15 is 0 Å². The highest BCUT2D eigenvalue weighted by atomic mass is 79.9. The third-order valence-electron chi connectivity index (χ3n) is 2.31. The summed E-state index contributed by atoms with van der Waals surface area (Å²) >= 11 is 6.80. The van der Waals surface area contributed by atoms with Gasteiger partial charge in [-0.3, -0.25) is 11.3 Å². The summed E-state index contributed by atoms with van der Waals surface area (Å²) in [6.07, 6.45) is 1.65. The molecular weight excluding hydrogens is 372 g/mol. The Bertz CT molecular complexity index is 491. The van der Waals surface area contributed by atoms with E-state index in [0.717, 1.165) is 14.5 Å². The number of nitrogens with two attached hydrogens (primary N) is 1. The molecule has 1 aromatic carbocycles. The molecule has 0 aromatic heterocycles. The van der Waals surface area contributed by atoms with Gasteiger partial charge in [-0.05, 0) is 30.2 Å². The van der Waals surface area contributed by atoms with Gasteiger partial charge >= 0.3 is 0 Å². The number of hydrogen-bond donors (Lipinski definition) is 2. The minimum atomic E-state index is -2.98. The first-order valence-electron chi connectivity index (χ1n) is 4.92. The Morgan fingerprint density at radius 3 is 2.59 bits per heavy atom. The second-order valence-electron chi connectivity index (χ2n) is 3.80. The van der Waals surface area contributed by atoms with Crippen molar-refractivity contribution in [2.45, 2.75) is 12.5 Å². The van der Waals surface area contributed by atoms with Crippen LogP contribution in [0.3, 0.4) is 0 Å². The Labute approximate surface area is 118 Å². The molecule has 0 aliphatic rings. The summed E-state index contributed by atoms with van der Waals surface area (Å²) in [5.41, 5.74) is 3.58. The number of rotatable bonds is 5. The summed E-state index contributed by atoms with van der Waals surface area (Å²) in [5.74, 6) is 5.57. The lowest BCUT2D eigenvalue weighted by Gasteiger charge is -2.17. The summed E-state index contributed by atoms with van der Waals surface area (Å²) in [6.45, 7) is 0. The fourth-order valence-electron chi connectivity index (χ4n) is 1.44. The van der Waals surface area contributed by atoms with Gasteiger partial charge in [0, 0.05) is 21.2 Å². The molecule has 0 spiro atoms. The van der Waals surface area contributed by atoms with Gasteiger partial charge in [0.15, 0.2) is 0 Å². The van der Waals surface area contributed by atoms with Gasteiger partial charge in [0.25, 0.3) is 0 Å². The SMILES string of the molecule is CS(=O)(=O)CCC(NN)c1cc(Br)ccc1Br. The van der Waals surface area contributed by atoms with Crippen LogP contribution in [0.4, 0.5) is 0 Å². The molecule has 0 radical (unpaired) electrons. The van der Waals surface area contributed by atoms with Gasteiger partial charge in [0.05, 0.1) is 5.75 Å². The van der Waals surface area contributed by atoms with Crippen molar-refractivity contribution in [1.82, 2.24) is 5.43 Å². The number of hydrazine groups is 1. The third kappa shape index (κ3) is 5.05. The molecule has 17 heavy (non-hydrogen) atoms. The zero-order valence-corrected chi connectivity index (χ0v) is 13.3. The van der Waals surface area contributed by atoms with E-state index in [9.17, 15) is 8.42 Å². The molecule has 0 fully saturated rings. The molecule has 1 rings (SSSR count). The van der Waals surface area contributed by atoms with Crippen LogP contribution in [-0.2, 0) is 9.84 Å². The van der Waals surface area contributed by atoms with Crippen LogP contribution in [0.15, 0.2) is 27.1 Å². The van der Waals surface area contributed by atoms with Crippen LogP contribution in [0.5, 0.6) is 0 Å². The maximum atomic E-state index is 11.1. The van der Waals surface area contributed by atoms with E-state index in [4.69, 9.17) is 5.84 Å². The largest absolute Gasteiger partial charge is 0.271 e. The van der Waals surface area contributed by atoms with Gasteiger partial charge in [0.1, 0.15) is 9.84 Å². The van der Waals surface area contributed by atoms with Gasteiger partial charge in [-0.15, -0.1) is 0 Å². The normalized spacial score (nSPS) is 13.6. The zero-order valence-electron chi connectivity index (χ0n) is 9.28. The minimum absolute atomic E-state index is 0.0980. The van der Waals surface area contributed by atoms with E-state index in [1.807, 2.05) is 18.2 Å². The fourth-order valence-corrected chi connectivity index (χ4v) is 3.01. The smallest absolute Gasteiger partial charge is 0.147 e. The number of benzene rings is 1.